The summed E-state index contributed by atoms with van der Waals surface area (Å²) in [5.41, 5.74) is 0.488. The molecule has 0 radical (unpaired) electrons. The second-order valence-corrected chi connectivity index (χ2v) is 7.66. The van der Waals surface area contributed by atoms with Crippen LogP contribution in [0.4, 0.5) is 0 Å². The van der Waals surface area contributed by atoms with Crippen LogP contribution in [-0.4, -0.2) is 18.5 Å². The number of nitrogens with zero attached hydrogens (tertiary/aromatic N) is 1. The third-order valence-electron chi connectivity index (χ3n) is 2.83. The molecule has 0 unspecified atom stereocenters. The molecule has 0 atom stereocenters. The van der Waals surface area contributed by atoms with E-state index < -0.39 is 10.0 Å². The van der Waals surface area contributed by atoms with Crippen molar-refractivity contribution < 1.29 is 13.5 Å². The zero-order chi connectivity index (χ0) is 15.5. The number of sulfonamides is 1. The molecule has 5 nitrogen and oxygen atoms in total. The van der Waals surface area contributed by atoms with E-state index in [2.05, 4.69) is 9.71 Å². The van der Waals surface area contributed by atoms with Gasteiger partial charge in [-0.05, 0) is 24.1 Å². The van der Waals surface area contributed by atoms with Gasteiger partial charge in [-0.3, -0.25) is 0 Å². The van der Waals surface area contributed by atoms with E-state index in [0.717, 1.165) is 11.3 Å². The summed E-state index contributed by atoms with van der Waals surface area (Å²) in [5, 5.41) is 9.91. The molecule has 2 aromatic rings. The van der Waals surface area contributed by atoms with Gasteiger partial charge in [0, 0.05) is 11.1 Å². The molecule has 0 aliphatic rings. The van der Waals surface area contributed by atoms with Crippen LogP contribution in [0.5, 0.6) is 0 Å². The maximum atomic E-state index is 12.3. The molecule has 1 aromatic carbocycles. The van der Waals surface area contributed by atoms with Crippen molar-refractivity contribution in [3.63, 3.8) is 0 Å². The molecule has 0 saturated carbocycles. The Bertz CT molecular complexity index is 729. The van der Waals surface area contributed by atoms with E-state index in [1.807, 2.05) is 6.92 Å². The largest absolute Gasteiger partial charge is 0.392 e. The molecule has 0 aliphatic carbocycles. The first kappa shape index (κ1) is 16.4. The van der Waals surface area contributed by atoms with Crippen LogP contribution in [0.25, 0.3) is 0 Å². The average molecular weight is 347 g/mol. The fraction of sp³-hybridized carbons (Fsp3) is 0.308. The molecule has 0 saturated heterocycles. The Labute approximate surface area is 132 Å². The molecule has 0 fully saturated rings. The molecular weight excluding hydrogens is 332 g/mol. The van der Waals surface area contributed by atoms with Gasteiger partial charge < -0.3 is 5.11 Å². The summed E-state index contributed by atoms with van der Waals surface area (Å²) < 4.78 is 27.0. The van der Waals surface area contributed by atoms with Crippen LogP contribution in [0.2, 0.25) is 5.02 Å². The number of hydrogen-bond donors (Lipinski definition) is 2. The van der Waals surface area contributed by atoms with Crippen molar-refractivity contribution in [1.29, 1.82) is 0 Å². The van der Waals surface area contributed by atoms with Crippen molar-refractivity contribution in [3.05, 3.63) is 44.9 Å². The summed E-state index contributed by atoms with van der Waals surface area (Å²) in [6.45, 7) is 1.89. The van der Waals surface area contributed by atoms with Gasteiger partial charge in [0.25, 0.3) is 0 Å². The minimum Gasteiger partial charge on any atom is -0.392 e. The number of rotatable bonds is 6. The predicted molar refractivity (Wildman–Crippen MR) is 82.9 cm³/mol. The van der Waals surface area contributed by atoms with Gasteiger partial charge in [-0.25, -0.2) is 18.1 Å². The Morgan fingerprint density at radius 3 is 2.81 bits per heavy atom. The van der Waals surface area contributed by atoms with Gasteiger partial charge in [-0.1, -0.05) is 24.6 Å². The van der Waals surface area contributed by atoms with Crippen molar-refractivity contribution in [2.45, 2.75) is 31.4 Å². The highest BCUT2D eigenvalue weighted by Gasteiger charge is 2.18. The topological polar surface area (TPSA) is 79.3 Å². The number of hydrogen-bond acceptors (Lipinski definition) is 5. The normalized spacial score (nSPS) is 11.8. The fourth-order valence-electron chi connectivity index (χ4n) is 1.68. The standard InChI is InChI=1S/C13H15ClN2O3S2/c1-2-10-6-15-13(20-10)7-16-21(18,19)12-5-9(8-17)3-4-11(12)14/h3-6,16-17H,2,7-8H2,1H3. The minimum absolute atomic E-state index is 0.0389. The van der Waals surface area contributed by atoms with Gasteiger partial charge in [-0.2, -0.15) is 0 Å². The van der Waals surface area contributed by atoms with E-state index in [9.17, 15) is 8.42 Å². The third-order valence-corrected chi connectivity index (χ3v) is 5.86. The number of thiazole rings is 1. The molecule has 1 aromatic heterocycles. The van der Waals surface area contributed by atoms with Gasteiger partial charge in [0.1, 0.15) is 9.90 Å². The lowest BCUT2D eigenvalue weighted by Gasteiger charge is -2.08. The molecule has 1 heterocycles. The van der Waals surface area contributed by atoms with E-state index in [1.54, 1.807) is 12.3 Å². The van der Waals surface area contributed by atoms with Gasteiger partial charge in [0.05, 0.1) is 18.2 Å². The Hall–Kier alpha value is -0.990. The van der Waals surface area contributed by atoms with Crippen molar-refractivity contribution in [2.75, 3.05) is 0 Å². The van der Waals surface area contributed by atoms with E-state index in [4.69, 9.17) is 16.7 Å². The third kappa shape index (κ3) is 4.02. The lowest BCUT2D eigenvalue weighted by atomic mass is 10.2. The number of aliphatic hydroxyl groups excluding tert-OH is 1. The van der Waals surface area contributed by atoms with Crippen LogP contribution in [-0.2, 0) is 29.6 Å². The van der Waals surface area contributed by atoms with E-state index in [0.29, 0.717) is 10.6 Å². The van der Waals surface area contributed by atoms with Crippen molar-refractivity contribution >= 4 is 33.0 Å². The summed E-state index contributed by atoms with van der Waals surface area (Å²) in [5.74, 6) is 0. The lowest BCUT2D eigenvalue weighted by Crippen LogP contribution is -2.23. The molecule has 0 spiro atoms. The predicted octanol–water partition coefficient (Wildman–Crippen LogP) is 2.33. The number of nitrogens with one attached hydrogen (secondary N) is 1. The van der Waals surface area contributed by atoms with Crippen LogP contribution in [0, 0.1) is 0 Å². The number of benzene rings is 1. The quantitative estimate of drug-likeness (QED) is 0.841. The zero-order valence-corrected chi connectivity index (χ0v) is 13.7. The second kappa shape index (κ2) is 6.85. The van der Waals surface area contributed by atoms with Crippen LogP contribution in [0.1, 0.15) is 22.4 Å². The maximum absolute atomic E-state index is 12.3. The van der Waals surface area contributed by atoms with E-state index in [1.165, 1.54) is 23.5 Å². The average Bonchev–Trinajstić information content (AvgIpc) is 2.94. The SMILES string of the molecule is CCc1cnc(CNS(=O)(=O)c2cc(CO)ccc2Cl)s1. The Morgan fingerprint density at radius 2 is 2.19 bits per heavy atom. The molecule has 0 bridgehead atoms. The first-order chi connectivity index (χ1) is 9.96. The van der Waals surface area contributed by atoms with Gasteiger partial charge in [0.2, 0.25) is 10.0 Å². The monoisotopic (exact) mass is 346 g/mol. The molecular formula is C13H15ClN2O3S2. The second-order valence-electron chi connectivity index (χ2n) is 4.32. The smallest absolute Gasteiger partial charge is 0.242 e. The maximum Gasteiger partial charge on any atom is 0.242 e. The van der Waals surface area contributed by atoms with Crippen LogP contribution in [0.15, 0.2) is 29.3 Å². The van der Waals surface area contributed by atoms with Crippen molar-refractivity contribution in [1.82, 2.24) is 9.71 Å². The molecule has 0 aliphatic heterocycles. The fourth-order valence-corrected chi connectivity index (χ4v) is 4.11. The molecule has 8 heteroatoms. The van der Waals surface area contributed by atoms with Crippen molar-refractivity contribution in [2.24, 2.45) is 0 Å². The summed E-state index contributed by atoms with van der Waals surface area (Å²) in [7, 11) is -3.75. The highest BCUT2D eigenvalue weighted by atomic mass is 35.5. The molecule has 114 valence electrons. The van der Waals surface area contributed by atoms with E-state index >= 15 is 0 Å². The first-order valence-corrected chi connectivity index (χ1v) is 8.96. The van der Waals surface area contributed by atoms with Crippen molar-refractivity contribution in [3.8, 4) is 0 Å². The van der Waals surface area contributed by atoms with Crippen LogP contribution in [0.3, 0.4) is 0 Å². The van der Waals surface area contributed by atoms with E-state index in [-0.39, 0.29) is 23.1 Å². The number of aliphatic hydroxyl groups is 1. The lowest BCUT2D eigenvalue weighted by molar-refractivity contribution is 0.281. The highest BCUT2D eigenvalue weighted by Crippen LogP contribution is 2.23. The number of aromatic nitrogens is 1. The minimum atomic E-state index is -3.75. The molecule has 2 rings (SSSR count). The van der Waals surface area contributed by atoms with Gasteiger partial charge in [0.15, 0.2) is 0 Å². The van der Waals surface area contributed by atoms with Gasteiger partial charge in [-0.15, -0.1) is 11.3 Å². The summed E-state index contributed by atoms with van der Waals surface area (Å²) in [6.07, 6.45) is 2.61. The molecule has 0 amide bonds. The Balaban J connectivity index is 2.18. The van der Waals surface area contributed by atoms with Crippen LogP contribution >= 0.6 is 22.9 Å². The Morgan fingerprint density at radius 1 is 1.43 bits per heavy atom. The molecule has 2 N–H and O–H groups in total. The highest BCUT2D eigenvalue weighted by molar-refractivity contribution is 7.89. The number of aryl methyl sites for hydroxylation is 1. The van der Waals surface area contributed by atoms with Crippen LogP contribution < -0.4 is 4.72 Å². The van der Waals surface area contributed by atoms with Gasteiger partial charge >= 0.3 is 0 Å². The summed E-state index contributed by atoms with van der Waals surface area (Å²) in [6, 6.07) is 4.40. The summed E-state index contributed by atoms with van der Waals surface area (Å²) in [4.78, 5) is 5.22. The zero-order valence-electron chi connectivity index (χ0n) is 11.3. The first-order valence-electron chi connectivity index (χ1n) is 6.28. The Kier molecular flexibility index (Phi) is 5.34. The summed E-state index contributed by atoms with van der Waals surface area (Å²) >= 11 is 7.40. The number of halogens is 1. The molecule has 21 heavy (non-hydrogen) atoms.